The van der Waals surface area contributed by atoms with Gasteiger partial charge in [-0.1, -0.05) is 30.3 Å². The molecule has 0 saturated carbocycles. The van der Waals surface area contributed by atoms with Crippen molar-refractivity contribution in [3.05, 3.63) is 52.0 Å². The van der Waals surface area contributed by atoms with Crippen LogP contribution < -0.4 is 5.73 Å². The van der Waals surface area contributed by atoms with Gasteiger partial charge >= 0.3 is 0 Å². The summed E-state index contributed by atoms with van der Waals surface area (Å²) in [5, 5.41) is 3.00. The predicted molar refractivity (Wildman–Crippen MR) is 96.9 cm³/mol. The Bertz CT molecular complexity index is 650. The van der Waals surface area contributed by atoms with Crippen LogP contribution in [-0.4, -0.2) is 53.4 Å². The summed E-state index contributed by atoms with van der Waals surface area (Å²) in [4.78, 5) is 21.3. The largest absolute Gasteiger partial charge is 0.340 e. The number of piperazine rings is 1. The first-order valence-corrected chi connectivity index (χ1v) is 9.30. The first-order chi connectivity index (χ1) is 11.7. The van der Waals surface area contributed by atoms with Crippen LogP contribution in [0.1, 0.15) is 16.3 Å². The summed E-state index contributed by atoms with van der Waals surface area (Å²) in [6, 6.07) is 10.5. The summed E-state index contributed by atoms with van der Waals surface area (Å²) in [5.41, 5.74) is 7.74. The summed E-state index contributed by atoms with van der Waals surface area (Å²) in [6.07, 6.45) is 1.19. The second kappa shape index (κ2) is 8.37. The topological polar surface area (TPSA) is 62.5 Å². The maximum atomic E-state index is 12.4. The highest BCUT2D eigenvalue weighted by Crippen LogP contribution is 2.13. The van der Waals surface area contributed by atoms with Gasteiger partial charge in [-0.2, -0.15) is 0 Å². The molecule has 1 fully saturated rings. The standard InChI is InChI=1S/C18H24N4OS/c19-7-6-17-20-16(14-24-17)12-18(23)22-10-8-21(9-11-22)13-15-4-2-1-3-5-15/h1-5,14H,6-13,19H2. The normalized spacial score (nSPS) is 15.6. The molecule has 6 heteroatoms. The van der Waals surface area contributed by atoms with Crippen molar-refractivity contribution in [1.82, 2.24) is 14.8 Å². The Morgan fingerprint density at radius 3 is 2.62 bits per heavy atom. The molecule has 1 aliphatic rings. The third-order valence-electron chi connectivity index (χ3n) is 4.26. The second-order valence-electron chi connectivity index (χ2n) is 6.09. The molecule has 3 rings (SSSR count). The van der Waals surface area contributed by atoms with Gasteiger partial charge in [-0.3, -0.25) is 9.69 Å². The third-order valence-corrected chi connectivity index (χ3v) is 5.22. The molecular weight excluding hydrogens is 320 g/mol. The zero-order valence-corrected chi connectivity index (χ0v) is 14.7. The van der Waals surface area contributed by atoms with Crippen molar-refractivity contribution in [2.45, 2.75) is 19.4 Å². The highest BCUT2D eigenvalue weighted by atomic mass is 32.1. The number of nitrogens with two attached hydrogens (primary N) is 1. The Morgan fingerprint density at radius 1 is 1.17 bits per heavy atom. The molecule has 5 nitrogen and oxygen atoms in total. The Morgan fingerprint density at radius 2 is 1.92 bits per heavy atom. The first-order valence-electron chi connectivity index (χ1n) is 8.42. The number of nitrogens with zero attached hydrogens (tertiary/aromatic N) is 3. The molecule has 24 heavy (non-hydrogen) atoms. The van der Waals surface area contributed by atoms with E-state index in [1.54, 1.807) is 11.3 Å². The van der Waals surface area contributed by atoms with E-state index in [0.29, 0.717) is 13.0 Å². The molecule has 2 N–H and O–H groups in total. The molecule has 1 aromatic heterocycles. The lowest BCUT2D eigenvalue weighted by atomic mass is 10.2. The van der Waals surface area contributed by atoms with Crippen molar-refractivity contribution in [1.29, 1.82) is 0 Å². The second-order valence-corrected chi connectivity index (χ2v) is 7.03. The average molecular weight is 344 g/mol. The molecule has 2 aromatic rings. The lowest BCUT2D eigenvalue weighted by Crippen LogP contribution is -2.48. The van der Waals surface area contributed by atoms with E-state index in [4.69, 9.17) is 5.73 Å². The Kier molecular flexibility index (Phi) is 5.96. The van der Waals surface area contributed by atoms with E-state index < -0.39 is 0 Å². The summed E-state index contributed by atoms with van der Waals surface area (Å²) in [6.45, 7) is 5.00. The maximum Gasteiger partial charge on any atom is 0.228 e. The van der Waals surface area contributed by atoms with E-state index in [1.807, 2.05) is 16.3 Å². The molecule has 1 saturated heterocycles. The fourth-order valence-electron chi connectivity index (χ4n) is 2.93. The molecule has 0 unspecified atom stereocenters. The number of carbonyl (C=O) groups is 1. The quantitative estimate of drug-likeness (QED) is 0.863. The molecule has 2 heterocycles. The van der Waals surface area contributed by atoms with E-state index >= 15 is 0 Å². The summed E-state index contributed by atoms with van der Waals surface area (Å²) in [7, 11) is 0. The number of carbonyl (C=O) groups excluding carboxylic acids is 1. The molecule has 0 spiro atoms. The van der Waals surface area contributed by atoms with Crippen LogP contribution in [0.2, 0.25) is 0 Å². The Balaban J connectivity index is 1.46. The minimum Gasteiger partial charge on any atom is -0.340 e. The summed E-state index contributed by atoms with van der Waals surface area (Å²) in [5.74, 6) is 0.180. The van der Waals surface area contributed by atoms with E-state index in [2.05, 4.69) is 34.1 Å². The Hall–Kier alpha value is -1.76. The van der Waals surface area contributed by atoms with Crippen molar-refractivity contribution in [2.75, 3.05) is 32.7 Å². The zero-order valence-electron chi connectivity index (χ0n) is 13.9. The van der Waals surface area contributed by atoms with Crippen LogP contribution in [0.4, 0.5) is 0 Å². The lowest BCUT2D eigenvalue weighted by molar-refractivity contribution is -0.132. The van der Waals surface area contributed by atoms with Gasteiger partial charge < -0.3 is 10.6 Å². The van der Waals surface area contributed by atoms with E-state index in [9.17, 15) is 4.79 Å². The van der Waals surface area contributed by atoms with Crippen LogP contribution in [0.25, 0.3) is 0 Å². The first kappa shape index (κ1) is 17.1. The van der Waals surface area contributed by atoms with E-state index in [0.717, 1.165) is 49.8 Å². The predicted octanol–water partition coefficient (Wildman–Crippen LogP) is 1.53. The molecule has 1 amide bonds. The molecule has 128 valence electrons. The van der Waals surface area contributed by atoms with E-state index in [-0.39, 0.29) is 5.91 Å². The maximum absolute atomic E-state index is 12.4. The zero-order chi connectivity index (χ0) is 16.8. The van der Waals surface area contributed by atoms with Crippen LogP contribution in [-0.2, 0) is 24.2 Å². The molecule has 0 bridgehead atoms. The van der Waals surface area contributed by atoms with Gasteiger partial charge in [-0.05, 0) is 12.1 Å². The van der Waals surface area contributed by atoms with E-state index in [1.165, 1.54) is 5.56 Å². The average Bonchev–Trinajstić information content (AvgIpc) is 3.04. The highest BCUT2D eigenvalue weighted by Gasteiger charge is 2.21. The highest BCUT2D eigenvalue weighted by molar-refractivity contribution is 7.09. The van der Waals surface area contributed by atoms with Crippen LogP contribution in [0.15, 0.2) is 35.7 Å². The summed E-state index contributed by atoms with van der Waals surface area (Å²) < 4.78 is 0. The van der Waals surface area contributed by atoms with Gasteiger partial charge in [0.1, 0.15) is 0 Å². The monoisotopic (exact) mass is 344 g/mol. The minimum atomic E-state index is 0.180. The van der Waals surface area contributed by atoms with Crippen LogP contribution >= 0.6 is 11.3 Å². The van der Waals surface area contributed by atoms with Crippen LogP contribution in [0.5, 0.6) is 0 Å². The van der Waals surface area contributed by atoms with Crippen molar-refractivity contribution >= 4 is 17.2 Å². The molecule has 1 aliphatic heterocycles. The number of amides is 1. The molecule has 0 aliphatic carbocycles. The molecule has 0 atom stereocenters. The molecule has 0 radical (unpaired) electrons. The molecule has 1 aromatic carbocycles. The molecular formula is C18H24N4OS. The van der Waals surface area contributed by atoms with Gasteiger partial charge in [-0.25, -0.2) is 4.98 Å². The number of thiazole rings is 1. The van der Waals surface area contributed by atoms with Gasteiger partial charge in [-0.15, -0.1) is 11.3 Å². The fraction of sp³-hybridized carbons (Fsp3) is 0.444. The number of benzene rings is 1. The number of hydrogen-bond donors (Lipinski definition) is 1. The smallest absolute Gasteiger partial charge is 0.228 e. The van der Waals surface area contributed by atoms with Crippen molar-refractivity contribution in [2.24, 2.45) is 5.73 Å². The summed E-state index contributed by atoms with van der Waals surface area (Å²) >= 11 is 1.59. The van der Waals surface area contributed by atoms with Crippen molar-refractivity contribution in [3.63, 3.8) is 0 Å². The van der Waals surface area contributed by atoms with Gasteiger partial charge in [0.05, 0.1) is 17.1 Å². The number of rotatable bonds is 6. The third kappa shape index (κ3) is 4.63. The lowest BCUT2D eigenvalue weighted by Gasteiger charge is -2.34. The van der Waals surface area contributed by atoms with Crippen LogP contribution in [0, 0.1) is 0 Å². The van der Waals surface area contributed by atoms with Gasteiger partial charge in [0, 0.05) is 44.5 Å². The van der Waals surface area contributed by atoms with Crippen molar-refractivity contribution in [3.8, 4) is 0 Å². The van der Waals surface area contributed by atoms with Gasteiger partial charge in [0.15, 0.2) is 0 Å². The van der Waals surface area contributed by atoms with Crippen molar-refractivity contribution < 1.29 is 4.79 Å². The minimum absolute atomic E-state index is 0.180. The Labute approximate surface area is 147 Å². The number of aromatic nitrogens is 1. The van der Waals surface area contributed by atoms with Gasteiger partial charge in [0.25, 0.3) is 0 Å². The SMILES string of the molecule is NCCc1nc(CC(=O)N2CCN(Cc3ccccc3)CC2)cs1. The van der Waals surface area contributed by atoms with Crippen LogP contribution in [0.3, 0.4) is 0 Å². The van der Waals surface area contributed by atoms with Gasteiger partial charge in [0.2, 0.25) is 5.91 Å². The number of hydrogen-bond acceptors (Lipinski definition) is 5. The fourth-order valence-corrected chi connectivity index (χ4v) is 3.75.